The lowest BCUT2D eigenvalue weighted by molar-refractivity contribution is -0.146. The molecular formula is C12H19N3O5. The van der Waals surface area contributed by atoms with E-state index in [-0.39, 0.29) is 19.6 Å². The predicted octanol–water partition coefficient (Wildman–Crippen LogP) is -0.852. The minimum absolute atomic E-state index is 0.0195. The van der Waals surface area contributed by atoms with Crippen LogP contribution < -0.4 is 0 Å². The van der Waals surface area contributed by atoms with Crippen LogP contribution in [0.1, 0.15) is 6.92 Å². The maximum atomic E-state index is 12.0. The molecule has 1 rings (SSSR count). The molecule has 0 aliphatic carbocycles. The monoisotopic (exact) mass is 285 g/mol. The molecule has 4 amide bonds. The van der Waals surface area contributed by atoms with Gasteiger partial charge in [0.15, 0.2) is 0 Å². The van der Waals surface area contributed by atoms with Crippen LogP contribution in [-0.4, -0.2) is 79.4 Å². The van der Waals surface area contributed by atoms with Crippen LogP contribution in [0.15, 0.2) is 0 Å². The normalized spacial score (nSPS) is 16.4. The number of likely N-dealkylation sites (N-methyl/N-ethyl adjacent to an activating group) is 2. The van der Waals surface area contributed by atoms with E-state index in [1.807, 2.05) is 0 Å². The summed E-state index contributed by atoms with van der Waals surface area (Å²) in [6, 6.07) is -0.488. The molecule has 0 bridgehead atoms. The second-order valence-corrected chi connectivity index (χ2v) is 4.82. The fourth-order valence-electron chi connectivity index (χ4n) is 1.87. The quantitative estimate of drug-likeness (QED) is 0.485. The van der Waals surface area contributed by atoms with Crippen LogP contribution in [0.4, 0.5) is 4.79 Å². The van der Waals surface area contributed by atoms with E-state index in [0.29, 0.717) is 0 Å². The Morgan fingerprint density at radius 2 is 2.00 bits per heavy atom. The molecule has 112 valence electrons. The summed E-state index contributed by atoms with van der Waals surface area (Å²) in [5.41, 5.74) is 0. The average Bonchev–Trinajstić information content (AvgIpc) is 2.64. The summed E-state index contributed by atoms with van der Waals surface area (Å²) < 4.78 is 4.57. The molecule has 8 heteroatoms. The van der Waals surface area contributed by atoms with Crippen molar-refractivity contribution in [2.75, 3.05) is 40.8 Å². The molecule has 8 nitrogen and oxygen atoms in total. The molecule has 0 aromatic rings. The topological polar surface area (TPSA) is 87.2 Å². The van der Waals surface area contributed by atoms with Crippen LogP contribution in [0.2, 0.25) is 0 Å². The SMILES string of the molecule is COC(=O)C(C)CN(C)C(=O)CN1C(=O)CN(C)C1=O. The van der Waals surface area contributed by atoms with Gasteiger partial charge in [-0.1, -0.05) is 6.92 Å². The number of hydrogen-bond donors (Lipinski definition) is 0. The van der Waals surface area contributed by atoms with Crippen LogP contribution >= 0.6 is 0 Å². The van der Waals surface area contributed by atoms with Crippen LogP contribution in [0, 0.1) is 5.92 Å². The average molecular weight is 285 g/mol. The molecule has 1 fully saturated rings. The number of methoxy groups -OCH3 is 1. The largest absolute Gasteiger partial charge is 0.469 e. The standard InChI is InChI=1S/C12H19N3O5/c1-8(11(18)20-4)5-13(2)9(16)7-15-10(17)6-14(3)12(15)19/h8H,5-7H2,1-4H3. The fourth-order valence-corrected chi connectivity index (χ4v) is 1.87. The fraction of sp³-hybridized carbons (Fsp3) is 0.667. The number of imide groups is 1. The Labute approximate surface area is 117 Å². The van der Waals surface area contributed by atoms with E-state index in [4.69, 9.17) is 0 Å². The summed E-state index contributed by atoms with van der Waals surface area (Å²) >= 11 is 0. The Morgan fingerprint density at radius 3 is 2.45 bits per heavy atom. The Morgan fingerprint density at radius 1 is 1.40 bits per heavy atom. The highest BCUT2D eigenvalue weighted by Crippen LogP contribution is 2.09. The predicted molar refractivity (Wildman–Crippen MR) is 68.6 cm³/mol. The van der Waals surface area contributed by atoms with Crippen LogP contribution in [-0.2, 0) is 19.1 Å². The molecule has 0 N–H and O–H groups in total. The third-order valence-corrected chi connectivity index (χ3v) is 3.10. The summed E-state index contributed by atoms with van der Waals surface area (Å²) in [4.78, 5) is 49.9. The number of esters is 1. The Kier molecular flexibility index (Phi) is 5.06. The third kappa shape index (κ3) is 3.46. The van der Waals surface area contributed by atoms with E-state index in [0.717, 1.165) is 4.90 Å². The zero-order chi connectivity index (χ0) is 15.4. The highest BCUT2D eigenvalue weighted by atomic mass is 16.5. The number of nitrogens with zero attached hydrogens (tertiary/aromatic N) is 3. The molecule has 1 saturated heterocycles. The van der Waals surface area contributed by atoms with Crippen molar-refractivity contribution in [3.63, 3.8) is 0 Å². The highest BCUT2D eigenvalue weighted by Gasteiger charge is 2.35. The molecule has 0 saturated carbocycles. The number of amides is 4. The van der Waals surface area contributed by atoms with Gasteiger partial charge >= 0.3 is 12.0 Å². The molecular weight excluding hydrogens is 266 g/mol. The van der Waals surface area contributed by atoms with Crippen molar-refractivity contribution in [1.29, 1.82) is 0 Å². The summed E-state index contributed by atoms with van der Waals surface area (Å²) in [5.74, 6) is -1.70. The minimum Gasteiger partial charge on any atom is -0.469 e. The summed E-state index contributed by atoms with van der Waals surface area (Å²) in [6.45, 7) is 1.47. The van der Waals surface area contributed by atoms with Gasteiger partial charge in [0.25, 0.3) is 5.91 Å². The zero-order valence-electron chi connectivity index (χ0n) is 12.1. The second kappa shape index (κ2) is 6.36. The Hall–Kier alpha value is -2.12. The smallest absolute Gasteiger partial charge is 0.327 e. The maximum absolute atomic E-state index is 12.0. The van der Waals surface area contributed by atoms with Crippen LogP contribution in [0.3, 0.4) is 0 Å². The first-order valence-electron chi connectivity index (χ1n) is 6.15. The number of hydrogen-bond acceptors (Lipinski definition) is 5. The third-order valence-electron chi connectivity index (χ3n) is 3.10. The van der Waals surface area contributed by atoms with E-state index in [1.54, 1.807) is 6.92 Å². The van der Waals surface area contributed by atoms with Gasteiger partial charge in [-0.05, 0) is 0 Å². The van der Waals surface area contributed by atoms with Gasteiger partial charge in [-0.25, -0.2) is 4.79 Å². The van der Waals surface area contributed by atoms with Gasteiger partial charge < -0.3 is 14.5 Å². The lowest BCUT2D eigenvalue weighted by Crippen LogP contribution is -2.43. The first-order chi connectivity index (χ1) is 9.27. The maximum Gasteiger partial charge on any atom is 0.327 e. The molecule has 0 radical (unpaired) electrons. The van der Waals surface area contributed by atoms with E-state index < -0.39 is 29.7 Å². The van der Waals surface area contributed by atoms with Crippen molar-refractivity contribution >= 4 is 23.8 Å². The van der Waals surface area contributed by atoms with E-state index in [1.165, 1.54) is 31.0 Å². The number of rotatable bonds is 5. The van der Waals surface area contributed by atoms with Crippen molar-refractivity contribution in [3.05, 3.63) is 0 Å². The minimum atomic E-state index is -0.488. The molecule has 0 aromatic heterocycles. The Bertz CT molecular complexity index is 437. The first-order valence-corrected chi connectivity index (χ1v) is 6.15. The molecule has 1 aliphatic heterocycles. The lowest BCUT2D eigenvalue weighted by Gasteiger charge is -2.22. The number of ether oxygens (including phenoxy) is 1. The van der Waals surface area contributed by atoms with Gasteiger partial charge in [0.05, 0.1) is 13.0 Å². The van der Waals surface area contributed by atoms with Gasteiger partial charge in [0, 0.05) is 20.6 Å². The number of carbonyl (C=O) groups is 4. The van der Waals surface area contributed by atoms with Crippen LogP contribution in [0.25, 0.3) is 0 Å². The second-order valence-electron chi connectivity index (χ2n) is 4.82. The van der Waals surface area contributed by atoms with Crippen LogP contribution in [0.5, 0.6) is 0 Å². The molecule has 20 heavy (non-hydrogen) atoms. The lowest BCUT2D eigenvalue weighted by atomic mass is 10.2. The first kappa shape index (κ1) is 15.9. The molecule has 1 atom stereocenters. The van der Waals surface area contributed by atoms with Gasteiger partial charge in [0.1, 0.15) is 13.1 Å². The number of urea groups is 1. The van der Waals surface area contributed by atoms with E-state index in [2.05, 4.69) is 4.74 Å². The molecule has 1 unspecified atom stereocenters. The zero-order valence-corrected chi connectivity index (χ0v) is 12.1. The summed E-state index contributed by atoms with van der Waals surface area (Å²) in [5, 5.41) is 0. The molecule has 1 aliphatic rings. The van der Waals surface area contributed by atoms with E-state index in [9.17, 15) is 19.2 Å². The van der Waals surface area contributed by atoms with Crippen molar-refractivity contribution in [1.82, 2.24) is 14.7 Å². The van der Waals surface area contributed by atoms with Gasteiger partial charge in [-0.3, -0.25) is 19.3 Å². The van der Waals surface area contributed by atoms with Crippen molar-refractivity contribution in [3.8, 4) is 0 Å². The Balaban J connectivity index is 2.56. The molecule has 0 spiro atoms. The molecule has 1 heterocycles. The van der Waals surface area contributed by atoms with Crippen molar-refractivity contribution in [2.24, 2.45) is 5.92 Å². The van der Waals surface area contributed by atoms with Crippen molar-refractivity contribution < 1.29 is 23.9 Å². The number of carbonyl (C=O) groups excluding carboxylic acids is 4. The van der Waals surface area contributed by atoms with Gasteiger partial charge in [-0.2, -0.15) is 0 Å². The van der Waals surface area contributed by atoms with E-state index >= 15 is 0 Å². The van der Waals surface area contributed by atoms with Gasteiger partial charge in [0.2, 0.25) is 5.91 Å². The van der Waals surface area contributed by atoms with Gasteiger partial charge in [-0.15, -0.1) is 0 Å². The van der Waals surface area contributed by atoms with Crippen molar-refractivity contribution in [2.45, 2.75) is 6.92 Å². The summed E-state index contributed by atoms with van der Waals surface area (Å²) in [6.07, 6.45) is 0. The molecule has 0 aromatic carbocycles. The highest BCUT2D eigenvalue weighted by molar-refractivity contribution is 6.04. The summed E-state index contributed by atoms with van der Waals surface area (Å²) in [7, 11) is 4.28.